The van der Waals surface area contributed by atoms with Crippen molar-refractivity contribution in [2.45, 2.75) is 44.4 Å². The van der Waals surface area contributed by atoms with Gasteiger partial charge in [-0.2, -0.15) is 13.2 Å². The van der Waals surface area contributed by atoms with E-state index in [1.165, 1.54) is 12.1 Å². The molecule has 0 aromatic heterocycles. The molecule has 0 aliphatic rings. The lowest BCUT2D eigenvalue weighted by Crippen LogP contribution is -2.38. The van der Waals surface area contributed by atoms with E-state index in [0.717, 1.165) is 11.6 Å². The number of benzene rings is 3. The van der Waals surface area contributed by atoms with Crippen LogP contribution in [0, 0.1) is 0 Å². The molecule has 182 valence electrons. The summed E-state index contributed by atoms with van der Waals surface area (Å²) in [5, 5.41) is 18.8. The number of hydrogen-bond acceptors (Lipinski definition) is 5. The van der Waals surface area contributed by atoms with Crippen molar-refractivity contribution in [1.82, 2.24) is 0 Å². The Morgan fingerprint density at radius 3 is 2.24 bits per heavy atom. The first-order valence-corrected chi connectivity index (χ1v) is 10.9. The number of aryl methyl sites for hydroxylation is 1. The zero-order chi connectivity index (χ0) is 24.6. The summed E-state index contributed by atoms with van der Waals surface area (Å²) in [6, 6.07) is 19.6. The van der Waals surface area contributed by atoms with Crippen LogP contribution in [0.2, 0.25) is 0 Å². The van der Waals surface area contributed by atoms with Gasteiger partial charge in [0, 0.05) is 0 Å². The minimum absolute atomic E-state index is 0.0605. The standard InChI is InChI=1S/C26H28F3NO4/c27-26(28,29)22-14-18(9-11-24(32)23(30)15-31)10-12-25(22)34-17-20-7-4-8-21(13-20)33-16-19-5-2-1-3-6-19/h1-8,10,12-14,23-24,31-32H,9,11,15-17,30H2. The van der Waals surface area contributed by atoms with Crippen molar-refractivity contribution >= 4 is 0 Å². The van der Waals surface area contributed by atoms with Gasteiger partial charge in [-0.05, 0) is 53.8 Å². The second-order valence-corrected chi connectivity index (χ2v) is 7.99. The number of aliphatic hydroxyl groups excluding tert-OH is 2. The number of alkyl halides is 3. The van der Waals surface area contributed by atoms with Gasteiger partial charge in [0.15, 0.2) is 0 Å². The molecule has 0 bridgehead atoms. The van der Waals surface area contributed by atoms with E-state index < -0.39 is 30.5 Å². The largest absolute Gasteiger partial charge is 0.489 e. The van der Waals surface area contributed by atoms with Crippen LogP contribution in [0.3, 0.4) is 0 Å². The Bertz CT molecular complexity index is 1040. The van der Waals surface area contributed by atoms with Crippen LogP contribution in [0.15, 0.2) is 72.8 Å². The zero-order valence-electron chi connectivity index (χ0n) is 18.5. The number of aliphatic hydroxyl groups is 2. The highest BCUT2D eigenvalue weighted by molar-refractivity contribution is 5.40. The smallest absolute Gasteiger partial charge is 0.419 e. The lowest BCUT2D eigenvalue weighted by molar-refractivity contribution is -0.139. The quantitative estimate of drug-likeness (QED) is 0.381. The molecule has 4 N–H and O–H groups in total. The summed E-state index contributed by atoms with van der Waals surface area (Å²) in [5.41, 5.74) is 6.73. The van der Waals surface area contributed by atoms with Crippen molar-refractivity contribution in [3.63, 3.8) is 0 Å². The summed E-state index contributed by atoms with van der Waals surface area (Å²) in [6.45, 7) is -0.0853. The highest BCUT2D eigenvalue weighted by atomic mass is 19.4. The van der Waals surface area contributed by atoms with E-state index in [1.54, 1.807) is 24.3 Å². The summed E-state index contributed by atoms with van der Waals surface area (Å²) in [5.74, 6) is 0.315. The maximum absolute atomic E-state index is 13.7. The van der Waals surface area contributed by atoms with Crippen LogP contribution in [0.25, 0.3) is 0 Å². The number of halogens is 3. The van der Waals surface area contributed by atoms with Gasteiger partial charge in [-0.25, -0.2) is 0 Å². The fourth-order valence-electron chi connectivity index (χ4n) is 3.36. The molecule has 8 heteroatoms. The minimum atomic E-state index is -4.61. The molecule has 3 aromatic rings. The summed E-state index contributed by atoms with van der Waals surface area (Å²) >= 11 is 0. The topological polar surface area (TPSA) is 84.9 Å². The fourth-order valence-corrected chi connectivity index (χ4v) is 3.36. The molecule has 0 aliphatic carbocycles. The summed E-state index contributed by atoms with van der Waals surface area (Å²) in [6.07, 6.45) is -5.30. The van der Waals surface area contributed by atoms with E-state index in [2.05, 4.69) is 0 Å². The highest BCUT2D eigenvalue weighted by Gasteiger charge is 2.34. The monoisotopic (exact) mass is 475 g/mol. The molecular weight excluding hydrogens is 447 g/mol. The molecule has 0 amide bonds. The normalized spacial score (nSPS) is 13.4. The van der Waals surface area contributed by atoms with Crippen molar-refractivity contribution < 1.29 is 32.9 Å². The number of rotatable bonds is 11. The summed E-state index contributed by atoms with van der Waals surface area (Å²) in [7, 11) is 0. The minimum Gasteiger partial charge on any atom is -0.489 e. The van der Waals surface area contributed by atoms with Crippen LogP contribution in [-0.2, 0) is 25.8 Å². The van der Waals surface area contributed by atoms with E-state index in [-0.39, 0.29) is 25.2 Å². The van der Waals surface area contributed by atoms with Crippen LogP contribution in [0.4, 0.5) is 13.2 Å². The van der Waals surface area contributed by atoms with Gasteiger partial charge in [0.2, 0.25) is 0 Å². The van der Waals surface area contributed by atoms with Crippen LogP contribution in [0.5, 0.6) is 11.5 Å². The third kappa shape index (κ3) is 7.48. The SMILES string of the molecule is NC(CO)C(O)CCc1ccc(OCc2cccc(OCc3ccccc3)c2)c(C(F)(F)F)c1. The molecule has 0 saturated carbocycles. The molecule has 34 heavy (non-hydrogen) atoms. The van der Waals surface area contributed by atoms with Gasteiger partial charge in [-0.15, -0.1) is 0 Å². The maximum Gasteiger partial charge on any atom is 0.419 e. The first-order chi connectivity index (χ1) is 16.3. The van der Waals surface area contributed by atoms with Crippen LogP contribution in [0.1, 0.15) is 28.7 Å². The Morgan fingerprint density at radius 1 is 0.824 bits per heavy atom. The van der Waals surface area contributed by atoms with Crippen molar-refractivity contribution in [2.24, 2.45) is 5.73 Å². The summed E-state index contributed by atoms with van der Waals surface area (Å²) in [4.78, 5) is 0. The molecule has 3 aromatic carbocycles. The number of nitrogens with two attached hydrogens (primary N) is 1. The first-order valence-electron chi connectivity index (χ1n) is 10.9. The van der Waals surface area contributed by atoms with Crippen molar-refractivity contribution in [3.05, 3.63) is 95.1 Å². The van der Waals surface area contributed by atoms with Gasteiger partial charge >= 0.3 is 6.18 Å². The average molecular weight is 476 g/mol. The molecule has 2 atom stereocenters. The molecule has 0 heterocycles. The number of hydrogen-bond donors (Lipinski definition) is 3. The van der Waals surface area contributed by atoms with Crippen molar-refractivity contribution in [3.8, 4) is 11.5 Å². The Kier molecular flexibility index (Phi) is 8.92. The van der Waals surface area contributed by atoms with Gasteiger partial charge in [0.25, 0.3) is 0 Å². The van der Waals surface area contributed by atoms with Gasteiger partial charge < -0.3 is 25.4 Å². The van der Waals surface area contributed by atoms with Gasteiger partial charge in [-0.3, -0.25) is 0 Å². The average Bonchev–Trinajstić information content (AvgIpc) is 2.84. The zero-order valence-corrected chi connectivity index (χ0v) is 18.5. The second-order valence-electron chi connectivity index (χ2n) is 7.99. The van der Waals surface area contributed by atoms with Crippen molar-refractivity contribution in [1.29, 1.82) is 0 Å². The second kappa shape index (κ2) is 11.9. The van der Waals surface area contributed by atoms with Gasteiger partial charge in [-0.1, -0.05) is 48.5 Å². The van der Waals surface area contributed by atoms with Crippen LogP contribution in [-0.4, -0.2) is 29.0 Å². The molecule has 0 radical (unpaired) electrons. The van der Waals surface area contributed by atoms with E-state index >= 15 is 0 Å². The van der Waals surface area contributed by atoms with Crippen LogP contribution < -0.4 is 15.2 Å². The predicted octanol–water partition coefficient (Wildman–Crippen LogP) is 4.48. The lowest BCUT2D eigenvalue weighted by atomic mass is 10.0. The van der Waals surface area contributed by atoms with E-state index in [4.69, 9.17) is 20.3 Å². The Morgan fingerprint density at radius 2 is 1.53 bits per heavy atom. The third-order valence-corrected chi connectivity index (χ3v) is 5.32. The lowest BCUT2D eigenvalue weighted by Gasteiger charge is -2.18. The molecule has 5 nitrogen and oxygen atoms in total. The molecule has 2 unspecified atom stereocenters. The van der Waals surface area contributed by atoms with E-state index in [9.17, 15) is 18.3 Å². The predicted molar refractivity (Wildman–Crippen MR) is 122 cm³/mol. The molecular formula is C26H28F3NO4. The maximum atomic E-state index is 13.7. The Hall–Kier alpha value is -3.07. The molecule has 0 saturated heterocycles. The van der Waals surface area contributed by atoms with Gasteiger partial charge in [0.05, 0.1) is 24.3 Å². The molecule has 0 aliphatic heterocycles. The first kappa shape index (κ1) is 25.6. The summed E-state index contributed by atoms with van der Waals surface area (Å²) < 4.78 is 52.3. The van der Waals surface area contributed by atoms with E-state index in [0.29, 0.717) is 23.5 Å². The molecule has 0 fully saturated rings. The number of ether oxygens (including phenoxy) is 2. The molecule has 0 spiro atoms. The van der Waals surface area contributed by atoms with Crippen LogP contribution >= 0.6 is 0 Å². The van der Waals surface area contributed by atoms with E-state index in [1.807, 2.05) is 30.3 Å². The molecule has 3 rings (SSSR count). The third-order valence-electron chi connectivity index (χ3n) is 5.32. The Balaban J connectivity index is 1.65. The van der Waals surface area contributed by atoms with Crippen molar-refractivity contribution in [2.75, 3.05) is 6.61 Å². The Labute approximate surface area is 196 Å². The highest BCUT2D eigenvalue weighted by Crippen LogP contribution is 2.37. The fraction of sp³-hybridized carbons (Fsp3) is 0.308. The van der Waals surface area contributed by atoms with Gasteiger partial charge in [0.1, 0.15) is 24.7 Å².